The molecule has 1 aliphatic rings. The quantitative estimate of drug-likeness (QED) is 0.252. The van der Waals surface area contributed by atoms with E-state index >= 15 is 0 Å². The van der Waals surface area contributed by atoms with Crippen molar-refractivity contribution in [1.29, 1.82) is 0 Å². The fourth-order valence-corrected chi connectivity index (χ4v) is 4.39. The smallest absolute Gasteiger partial charge is 0.133 e. The van der Waals surface area contributed by atoms with Gasteiger partial charge in [-0.3, -0.25) is 0 Å². The van der Waals surface area contributed by atoms with Crippen LogP contribution in [0.4, 0.5) is 11.4 Å². The highest BCUT2D eigenvalue weighted by Crippen LogP contribution is 2.50. The first-order valence-electron chi connectivity index (χ1n) is 8.24. The van der Waals surface area contributed by atoms with Gasteiger partial charge in [0.05, 0.1) is 5.69 Å². The van der Waals surface area contributed by atoms with E-state index < -0.39 is 0 Å². The van der Waals surface area contributed by atoms with Crippen molar-refractivity contribution in [3.8, 4) is 5.75 Å². The molecule has 0 radical (unpaired) electrons. The van der Waals surface area contributed by atoms with Gasteiger partial charge in [-0.05, 0) is 29.6 Å². The van der Waals surface area contributed by atoms with E-state index in [2.05, 4.69) is 34.3 Å². The molecule has 0 atom stereocenters. The average Bonchev–Trinajstić information content (AvgIpc) is 3.10. The topological polar surface area (TPSA) is 44.3 Å². The molecule has 0 saturated carbocycles. The summed E-state index contributed by atoms with van der Waals surface area (Å²) < 4.78 is 3.42. The maximum absolute atomic E-state index is 11.0. The summed E-state index contributed by atoms with van der Waals surface area (Å²) in [6, 6.07) is 22.5. The molecular weight excluding hydrogens is 328 g/mol. The summed E-state index contributed by atoms with van der Waals surface area (Å²) in [4.78, 5) is 1.16. The zero-order chi connectivity index (χ0) is 16.8. The third-order valence-electron chi connectivity index (χ3n) is 4.69. The van der Waals surface area contributed by atoms with Crippen molar-refractivity contribution in [2.45, 2.75) is 11.4 Å². The fraction of sp³-hybridized carbons (Fsp3) is 0.0476. The monoisotopic (exact) mass is 344 g/mol. The zero-order valence-corrected chi connectivity index (χ0v) is 14.2. The molecule has 4 aromatic carbocycles. The van der Waals surface area contributed by atoms with Gasteiger partial charge >= 0.3 is 0 Å². The first kappa shape index (κ1) is 14.5. The molecule has 4 heteroatoms. The van der Waals surface area contributed by atoms with Crippen molar-refractivity contribution >= 4 is 44.9 Å². The Morgan fingerprint density at radius 3 is 2.52 bits per heavy atom. The highest BCUT2D eigenvalue weighted by Gasteiger charge is 2.22. The molecule has 0 fully saturated rings. The molecule has 3 N–H and O–H groups in total. The number of rotatable bonds is 3. The second-order valence-electron chi connectivity index (χ2n) is 6.17. The SMILES string of the molecule is Oc1c2cccc3c2c(c2cccc(NCc4ccccc4)c12)NS3. The Morgan fingerprint density at radius 2 is 1.64 bits per heavy atom. The van der Waals surface area contributed by atoms with Gasteiger partial charge in [-0.2, -0.15) is 0 Å². The minimum absolute atomic E-state index is 0.344. The summed E-state index contributed by atoms with van der Waals surface area (Å²) in [7, 11) is 0. The number of benzene rings is 4. The van der Waals surface area contributed by atoms with Gasteiger partial charge < -0.3 is 15.1 Å². The Kier molecular flexibility index (Phi) is 3.25. The Labute approximate surface area is 149 Å². The Balaban J connectivity index is 1.70. The van der Waals surface area contributed by atoms with Gasteiger partial charge in [-0.25, -0.2) is 0 Å². The number of fused-ring (bicyclic) bond motifs is 2. The van der Waals surface area contributed by atoms with Crippen molar-refractivity contribution < 1.29 is 5.11 Å². The second kappa shape index (κ2) is 5.60. The number of phenolic OH excluding ortho intramolecular Hbond substituents is 1. The van der Waals surface area contributed by atoms with E-state index in [0.717, 1.165) is 44.4 Å². The molecule has 0 bridgehead atoms. The Morgan fingerprint density at radius 1 is 0.840 bits per heavy atom. The molecule has 4 aromatic rings. The average molecular weight is 344 g/mol. The first-order valence-corrected chi connectivity index (χ1v) is 9.05. The molecule has 122 valence electrons. The third-order valence-corrected chi connectivity index (χ3v) is 5.56. The molecule has 0 aliphatic carbocycles. The van der Waals surface area contributed by atoms with E-state index in [1.807, 2.05) is 42.5 Å². The first-order chi connectivity index (χ1) is 12.3. The van der Waals surface area contributed by atoms with Crippen molar-refractivity contribution in [2.75, 3.05) is 10.0 Å². The van der Waals surface area contributed by atoms with Crippen LogP contribution in [-0.4, -0.2) is 5.11 Å². The van der Waals surface area contributed by atoms with Crippen LogP contribution in [0, 0.1) is 0 Å². The van der Waals surface area contributed by atoms with E-state index in [9.17, 15) is 5.11 Å². The van der Waals surface area contributed by atoms with Gasteiger partial charge in [0, 0.05) is 38.7 Å². The van der Waals surface area contributed by atoms with Gasteiger partial charge in [0.1, 0.15) is 5.75 Å². The number of phenols is 1. The van der Waals surface area contributed by atoms with E-state index in [-0.39, 0.29) is 0 Å². The van der Waals surface area contributed by atoms with Crippen LogP contribution in [-0.2, 0) is 6.54 Å². The largest absolute Gasteiger partial charge is 0.507 e. The normalized spacial score (nSPS) is 12.5. The van der Waals surface area contributed by atoms with Gasteiger partial charge in [-0.1, -0.05) is 54.6 Å². The van der Waals surface area contributed by atoms with Crippen molar-refractivity contribution in [2.24, 2.45) is 0 Å². The molecule has 0 saturated heterocycles. The summed E-state index contributed by atoms with van der Waals surface area (Å²) in [5, 5.41) is 18.4. The predicted octanol–water partition coefficient (Wildman–Crippen LogP) is 5.74. The highest BCUT2D eigenvalue weighted by atomic mass is 32.2. The lowest BCUT2D eigenvalue weighted by Gasteiger charge is -2.15. The lowest BCUT2D eigenvalue weighted by molar-refractivity contribution is 0.488. The summed E-state index contributed by atoms with van der Waals surface area (Å²) in [6.07, 6.45) is 0. The molecule has 0 spiro atoms. The minimum atomic E-state index is 0.344. The molecule has 3 nitrogen and oxygen atoms in total. The molecule has 0 aromatic heterocycles. The predicted molar refractivity (Wildman–Crippen MR) is 106 cm³/mol. The Bertz CT molecular complexity index is 1110. The molecule has 5 rings (SSSR count). The number of hydrogen-bond donors (Lipinski definition) is 3. The van der Waals surface area contributed by atoms with Crippen LogP contribution in [0.25, 0.3) is 21.5 Å². The maximum Gasteiger partial charge on any atom is 0.133 e. The molecule has 1 aliphatic heterocycles. The summed E-state index contributed by atoms with van der Waals surface area (Å²) in [5.74, 6) is 0.344. The third kappa shape index (κ3) is 2.22. The van der Waals surface area contributed by atoms with Gasteiger partial charge in [-0.15, -0.1) is 0 Å². The molecular formula is C21H16N2OS. The summed E-state index contributed by atoms with van der Waals surface area (Å²) >= 11 is 1.60. The van der Waals surface area contributed by atoms with Crippen LogP contribution in [0.5, 0.6) is 5.75 Å². The van der Waals surface area contributed by atoms with Crippen LogP contribution in [0.1, 0.15) is 5.56 Å². The van der Waals surface area contributed by atoms with E-state index in [1.165, 1.54) is 5.56 Å². The van der Waals surface area contributed by atoms with Crippen LogP contribution in [0.15, 0.2) is 71.6 Å². The van der Waals surface area contributed by atoms with Gasteiger partial charge in [0.2, 0.25) is 0 Å². The van der Waals surface area contributed by atoms with Gasteiger partial charge in [0.15, 0.2) is 0 Å². The summed E-state index contributed by atoms with van der Waals surface area (Å²) in [6.45, 7) is 0.717. The number of hydrogen-bond acceptors (Lipinski definition) is 4. The standard InChI is InChI=1S/C21H16N2OS/c24-21-15-9-5-11-17-19(15)20(23-25-17)14-8-4-10-16(18(14)21)22-12-13-6-2-1-3-7-13/h1-11,22-24H,12H2. The minimum Gasteiger partial charge on any atom is -0.507 e. The zero-order valence-electron chi connectivity index (χ0n) is 13.4. The van der Waals surface area contributed by atoms with Gasteiger partial charge in [0.25, 0.3) is 0 Å². The maximum atomic E-state index is 11.0. The number of anilines is 2. The molecule has 0 amide bonds. The summed E-state index contributed by atoms with van der Waals surface area (Å²) in [5.41, 5.74) is 3.24. The van der Waals surface area contributed by atoms with Crippen LogP contribution < -0.4 is 10.0 Å². The Hall–Kier alpha value is -2.85. The van der Waals surface area contributed by atoms with Crippen molar-refractivity contribution in [3.05, 3.63) is 72.3 Å². The van der Waals surface area contributed by atoms with E-state index in [0.29, 0.717) is 5.75 Å². The van der Waals surface area contributed by atoms with Crippen LogP contribution >= 0.6 is 11.9 Å². The van der Waals surface area contributed by atoms with Crippen molar-refractivity contribution in [3.63, 3.8) is 0 Å². The van der Waals surface area contributed by atoms with E-state index in [4.69, 9.17) is 0 Å². The second-order valence-corrected chi connectivity index (χ2v) is 7.02. The lowest BCUT2D eigenvalue weighted by atomic mass is 9.98. The van der Waals surface area contributed by atoms with E-state index in [1.54, 1.807) is 11.9 Å². The lowest BCUT2D eigenvalue weighted by Crippen LogP contribution is -2.00. The molecule has 25 heavy (non-hydrogen) atoms. The number of nitrogens with one attached hydrogen (secondary N) is 2. The molecule has 1 heterocycles. The van der Waals surface area contributed by atoms with Crippen LogP contribution in [0.2, 0.25) is 0 Å². The highest BCUT2D eigenvalue weighted by molar-refractivity contribution is 8.01. The van der Waals surface area contributed by atoms with Crippen molar-refractivity contribution in [1.82, 2.24) is 0 Å². The fourth-order valence-electron chi connectivity index (χ4n) is 3.51. The van der Waals surface area contributed by atoms with Crippen LogP contribution in [0.3, 0.4) is 0 Å². The number of aromatic hydroxyl groups is 1. The molecule has 0 unspecified atom stereocenters.